The van der Waals surface area contributed by atoms with Crippen molar-refractivity contribution in [3.05, 3.63) is 34.9 Å². The summed E-state index contributed by atoms with van der Waals surface area (Å²) in [6, 6.07) is 9.16. The van der Waals surface area contributed by atoms with Crippen molar-refractivity contribution in [1.82, 2.24) is 5.32 Å². The Bertz CT molecular complexity index is 388. The Morgan fingerprint density at radius 1 is 1.33 bits per heavy atom. The highest BCUT2D eigenvalue weighted by atomic mass is 35.5. The second kappa shape index (κ2) is 5.85. The zero-order chi connectivity index (χ0) is 13.2. The van der Waals surface area contributed by atoms with E-state index < -0.39 is 0 Å². The predicted octanol–water partition coefficient (Wildman–Crippen LogP) is 4.52. The van der Waals surface area contributed by atoms with Crippen LogP contribution in [0.25, 0.3) is 0 Å². The summed E-state index contributed by atoms with van der Waals surface area (Å²) in [5, 5.41) is 4.55. The second-order valence-electron chi connectivity index (χ2n) is 6.02. The first kappa shape index (κ1) is 14.2. The highest BCUT2D eigenvalue weighted by Gasteiger charge is 2.29. The highest BCUT2D eigenvalue weighted by Crippen LogP contribution is 2.34. The van der Waals surface area contributed by atoms with Gasteiger partial charge in [0.2, 0.25) is 0 Å². The molecular weight excluding hydrogens is 262 g/mol. The lowest BCUT2D eigenvalue weighted by molar-refractivity contribution is 0.305. The van der Waals surface area contributed by atoms with Gasteiger partial charge in [-0.1, -0.05) is 37.6 Å². The summed E-state index contributed by atoms with van der Waals surface area (Å²) in [6.07, 6.45) is 1.26. The van der Waals surface area contributed by atoms with Gasteiger partial charge in [-0.2, -0.15) is 11.8 Å². The van der Waals surface area contributed by atoms with Crippen LogP contribution in [0.1, 0.15) is 38.8 Å². The molecule has 100 valence electrons. The van der Waals surface area contributed by atoms with Crippen molar-refractivity contribution >= 4 is 23.4 Å². The van der Waals surface area contributed by atoms with Crippen molar-refractivity contribution in [2.24, 2.45) is 5.41 Å². The number of halogens is 1. The van der Waals surface area contributed by atoms with E-state index in [0.717, 1.165) is 5.02 Å². The Kier molecular flexibility index (Phi) is 4.63. The fourth-order valence-corrected chi connectivity index (χ4v) is 3.98. The number of benzene rings is 1. The van der Waals surface area contributed by atoms with E-state index in [1.54, 1.807) is 0 Å². The summed E-state index contributed by atoms with van der Waals surface area (Å²) < 4.78 is 0. The van der Waals surface area contributed by atoms with Crippen LogP contribution in [-0.4, -0.2) is 17.5 Å². The van der Waals surface area contributed by atoms with E-state index in [9.17, 15) is 0 Å². The average Bonchev–Trinajstić information content (AvgIpc) is 2.28. The molecule has 1 aromatic rings. The van der Waals surface area contributed by atoms with Crippen molar-refractivity contribution in [1.29, 1.82) is 0 Å². The number of nitrogens with one attached hydrogen (secondary N) is 1. The van der Waals surface area contributed by atoms with E-state index in [0.29, 0.717) is 17.5 Å². The molecule has 18 heavy (non-hydrogen) atoms. The Morgan fingerprint density at radius 2 is 2.00 bits per heavy atom. The van der Waals surface area contributed by atoms with Crippen molar-refractivity contribution in [2.75, 3.05) is 11.5 Å². The second-order valence-corrected chi connectivity index (χ2v) is 7.49. The monoisotopic (exact) mass is 283 g/mol. The first-order valence-corrected chi connectivity index (χ1v) is 8.09. The number of thioether (sulfide) groups is 1. The Morgan fingerprint density at radius 3 is 2.61 bits per heavy atom. The van der Waals surface area contributed by atoms with Gasteiger partial charge in [-0.3, -0.25) is 0 Å². The molecule has 0 amide bonds. The molecule has 2 rings (SSSR count). The molecular formula is C15H22ClNS. The van der Waals surface area contributed by atoms with Gasteiger partial charge in [0.05, 0.1) is 0 Å². The number of rotatable bonds is 3. The van der Waals surface area contributed by atoms with Gasteiger partial charge in [0.1, 0.15) is 0 Å². The van der Waals surface area contributed by atoms with Crippen LogP contribution in [0.2, 0.25) is 5.02 Å². The molecule has 0 radical (unpaired) electrons. The summed E-state index contributed by atoms with van der Waals surface area (Å²) in [7, 11) is 0. The molecule has 0 spiro atoms. The van der Waals surface area contributed by atoms with E-state index in [1.165, 1.54) is 23.5 Å². The van der Waals surface area contributed by atoms with Gasteiger partial charge < -0.3 is 5.32 Å². The van der Waals surface area contributed by atoms with Gasteiger partial charge >= 0.3 is 0 Å². The smallest absolute Gasteiger partial charge is 0.0406 e. The standard InChI is InChI=1S/C15H22ClNS/c1-11(12-4-6-13(16)7-5-12)17-14-8-15(2,3)10-18-9-14/h4-7,11,14,17H,8-10H2,1-3H3. The molecule has 1 aliphatic rings. The quantitative estimate of drug-likeness (QED) is 0.875. The minimum atomic E-state index is 0.391. The maximum Gasteiger partial charge on any atom is 0.0406 e. The molecule has 1 nitrogen and oxygen atoms in total. The van der Waals surface area contributed by atoms with Crippen LogP contribution in [0, 0.1) is 5.41 Å². The average molecular weight is 284 g/mol. The molecule has 1 aromatic carbocycles. The lowest BCUT2D eigenvalue weighted by Gasteiger charge is -2.36. The third-order valence-electron chi connectivity index (χ3n) is 3.47. The lowest BCUT2D eigenvalue weighted by Crippen LogP contribution is -2.41. The molecule has 1 saturated heterocycles. The summed E-state index contributed by atoms with van der Waals surface area (Å²) in [6.45, 7) is 6.96. The van der Waals surface area contributed by atoms with E-state index in [4.69, 9.17) is 11.6 Å². The number of hydrogen-bond donors (Lipinski definition) is 1. The van der Waals surface area contributed by atoms with Crippen molar-refractivity contribution in [3.63, 3.8) is 0 Å². The van der Waals surface area contributed by atoms with Crippen LogP contribution in [0.4, 0.5) is 0 Å². The van der Waals surface area contributed by atoms with E-state index in [2.05, 4.69) is 50.0 Å². The molecule has 1 aliphatic heterocycles. The Hall–Kier alpha value is -0.180. The molecule has 1 N–H and O–H groups in total. The highest BCUT2D eigenvalue weighted by molar-refractivity contribution is 7.99. The summed E-state index contributed by atoms with van der Waals surface area (Å²) in [4.78, 5) is 0. The predicted molar refractivity (Wildman–Crippen MR) is 82.5 cm³/mol. The lowest BCUT2D eigenvalue weighted by atomic mass is 9.87. The maximum absolute atomic E-state index is 5.92. The third kappa shape index (κ3) is 3.91. The number of hydrogen-bond acceptors (Lipinski definition) is 2. The summed E-state index contributed by atoms with van der Waals surface area (Å²) in [5.41, 5.74) is 1.77. The van der Waals surface area contributed by atoms with Gasteiger partial charge in [-0.15, -0.1) is 0 Å². The molecule has 1 heterocycles. The molecule has 2 atom stereocenters. The fourth-order valence-electron chi connectivity index (χ4n) is 2.57. The van der Waals surface area contributed by atoms with Gasteiger partial charge in [0, 0.05) is 22.9 Å². The van der Waals surface area contributed by atoms with E-state index >= 15 is 0 Å². The zero-order valence-corrected chi connectivity index (χ0v) is 12.9. The molecule has 2 unspecified atom stereocenters. The minimum absolute atomic E-state index is 0.391. The first-order valence-electron chi connectivity index (χ1n) is 6.55. The molecule has 0 aliphatic carbocycles. The zero-order valence-electron chi connectivity index (χ0n) is 11.4. The largest absolute Gasteiger partial charge is 0.307 e. The van der Waals surface area contributed by atoms with Crippen molar-refractivity contribution < 1.29 is 0 Å². The Labute approximate surface area is 120 Å². The van der Waals surface area contributed by atoms with Crippen LogP contribution in [0.3, 0.4) is 0 Å². The summed E-state index contributed by atoms with van der Waals surface area (Å²) >= 11 is 7.99. The molecule has 0 aromatic heterocycles. The minimum Gasteiger partial charge on any atom is -0.307 e. The van der Waals surface area contributed by atoms with Crippen LogP contribution in [-0.2, 0) is 0 Å². The van der Waals surface area contributed by atoms with Crippen LogP contribution in [0.15, 0.2) is 24.3 Å². The molecule has 1 fully saturated rings. The molecule has 0 saturated carbocycles. The van der Waals surface area contributed by atoms with Gasteiger partial charge in [0.25, 0.3) is 0 Å². The normalized spacial score (nSPS) is 24.8. The van der Waals surface area contributed by atoms with E-state index in [1.807, 2.05) is 12.1 Å². The topological polar surface area (TPSA) is 12.0 Å². The van der Waals surface area contributed by atoms with E-state index in [-0.39, 0.29) is 0 Å². The summed E-state index contributed by atoms with van der Waals surface area (Å²) in [5.74, 6) is 2.50. The fraction of sp³-hybridized carbons (Fsp3) is 0.600. The van der Waals surface area contributed by atoms with Gasteiger partial charge in [-0.05, 0) is 42.2 Å². The third-order valence-corrected chi connectivity index (χ3v) is 5.34. The van der Waals surface area contributed by atoms with Gasteiger partial charge in [-0.25, -0.2) is 0 Å². The molecule has 3 heteroatoms. The van der Waals surface area contributed by atoms with Crippen LogP contribution >= 0.6 is 23.4 Å². The Balaban J connectivity index is 1.94. The van der Waals surface area contributed by atoms with Crippen molar-refractivity contribution in [3.8, 4) is 0 Å². The van der Waals surface area contributed by atoms with Crippen molar-refractivity contribution in [2.45, 2.75) is 39.3 Å². The maximum atomic E-state index is 5.92. The first-order chi connectivity index (χ1) is 8.46. The SMILES string of the molecule is CC(NC1CSCC(C)(C)C1)c1ccc(Cl)cc1. The molecule has 0 bridgehead atoms. The van der Waals surface area contributed by atoms with Crippen LogP contribution < -0.4 is 5.32 Å². The van der Waals surface area contributed by atoms with Gasteiger partial charge in [0.15, 0.2) is 0 Å². The van der Waals surface area contributed by atoms with Crippen LogP contribution in [0.5, 0.6) is 0 Å².